The molecule has 0 aliphatic carbocycles. The van der Waals surface area contributed by atoms with Crippen LogP contribution in [0.1, 0.15) is 5.56 Å². The lowest BCUT2D eigenvalue weighted by Gasteiger charge is -2.44. The van der Waals surface area contributed by atoms with E-state index in [1.807, 2.05) is 12.4 Å². The number of rotatable bonds is 7. The summed E-state index contributed by atoms with van der Waals surface area (Å²) in [5.74, 6) is -71.4. The fraction of sp³-hybridized carbons (Fsp3) is 0.0204. The molecule has 23 heteroatoms. The summed E-state index contributed by atoms with van der Waals surface area (Å²) in [5, 5.41) is 5.01. The molecule has 8 aromatic carbocycles. The van der Waals surface area contributed by atoms with Crippen LogP contribution in [0.2, 0.25) is 0 Å². The third-order valence-electron chi connectivity index (χ3n) is 11.8. The largest absolute Gasteiger partial charge is 0.252 e. The topological polar surface area (TPSA) is 16.8 Å². The Morgan fingerprint density at radius 3 is 0.972 bits per heavy atom. The van der Waals surface area contributed by atoms with Crippen LogP contribution in [0, 0.1) is 116 Å². The molecule has 0 radical (unpaired) electrons. The lowest BCUT2D eigenvalue weighted by Crippen LogP contribution is -2.81. The predicted molar refractivity (Wildman–Crippen MR) is 220 cm³/mol. The van der Waals surface area contributed by atoms with Gasteiger partial charge in [-0.1, -0.05) is 78.9 Å². The molecule has 1 heterocycles. The summed E-state index contributed by atoms with van der Waals surface area (Å²) in [4.78, 5) is 4.46. The fourth-order valence-electron chi connectivity index (χ4n) is 8.68. The van der Waals surface area contributed by atoms with Crippen LogP contribution in [0.15, 0.2) is 104 Å². The summed E-state index contributed by atoms with van der Waals surface area (Å²) in [6, 6.07) is 30.0. The van der Waals surface area contributed by atoms with Gasteiger partial charge in [-0.15, -0.1) is 21.9 Å². The molecular formula is C49H19BF20N2. The number of hydrogen-bond acceptors (Lipinski definition) is 1. The molecule has 9 rings (SSSR count). The van der Waals surface area contributed by atoms with Crippen LogP contribution in [0.5, 0.6) is 0 Å². The van der Waals surface area contributed by atoms with E-state index in [-0.39, 0.29) is 0 Å². The Morgan fingerprint density at radius 2 is 0.639 bits per heavy atom. The molecule has 0 aliphatic heterocycles. The highest BCUT2D eigenvalue weighted by molar-refractivity contribution is 7.20. The van der Waals surface area contributed by atoms with Crippen molar-refractivity contribution in [1.82, 2.24) is 4.98 Å². The molecule has 0 spiro atoms. The van der Waals surface area contributed by atoms with E-state index in [2.05, 4.69) is 101 Å². The SMILES string of the molecule is Fc1c(F)c(F)c([B-](c2c(F)c(F)c(F)c(F)c2F)(c2c(F)c(F)c(F)c(F)c2F)c2c(F)c(F)c(F)c(F)c2F)c(F)c1F.c1ccc(C[n+]2ccncc2-c2c3ccccc3cc3ccccc23)cc1. The highest BCUT2D eigenvalue weighted by Crippen LogP contribution is 2.35. The molecule has 0 saturated heterocycles. The van der Waals surface area contributed by atoms with Crippen LogP contribution >= 0.6 is 0 Å². The Morgan fingerprint density at radius 1 is 0.347 bits per heavy atom. The van der Waals surface area contributed by atoms with Crippen molar-refractivity contribution < 1.29 is 92.4 Å². The van der Waals surface area contributed by atoms with Crippen molar-refractivity contribution in [3.8, 4) is 11.3 Å². The van der Waals surface area contributed by atoms with Crippen molar-refractivity contribution in [1.29, 1.82) is 0 Å². The van der Waals surface area contributed by atoms with Crippen LogP contribution in [0.25, 0.3) is 32.8 Å². The number of fused-ring (bicyclic) bond motifs is 2. The summed E-state index contributed by atoms with van der Waals surface area (Å²) in [6.45, 7) is 0.816. The van der Waals surface area contributed by atoms with Gasteiger partial charge in [0.15, 0.2) is 82.5 Å². The molecule has 0 fully saturated rings. The van der Waals surface area contributed by atoms with E-state index in [1.165, 1.54) is 32.7 Å². The normalized spacial score (nSPS) is 11.7. The van der Waals surface area contributed by atoms with Crippen molar-refractivity contribution in [3.63, 3.8) is 0 Å². The van der Waals surface area contributed by atoms with Crippen molar-refractivity contribution in [2.45, 2.75) is 6.54 Å². The number of halogens is 20. The van der Waals surface area contributed by atoms with Crippen molar-refractivity contribution in [3.05, 3.63) is 225 Å². The third kappa shape index (κ3) is 7.72. The summed E-state index contributed by atoms with van der Waals surface area (Å²) in [6.07, 6.45) is -1.30. The van der Waals surface area contributed by atoms with Crippen LogP contribution in [0.3, 0.4) is 0 Å². The first-order valence-electron chi connectivity index (χ1n) is 20.1. The minimum Gasteiger partial charge on any atom is -0.252 e. The van der Waals surface area contributed by atoms with Gasteiger partial charge in [-0.05, 0) is 27.6 Å². The maximum Gasteiger partial charge on any atom is 0.232 e. The van der Waals surface area contributed by atoms with Gasteiger partial charge in [-0.2, -0.15) is 4.57 Å². The summed E-state index contributed by atoms with van der Waals surface area (Å²) in [7, 11) is 0. The molecular weight excluding hydrogens is 1010 g/mol. The van der Waals surface area contributed by atoms with Gasteiger partial charge in [0.25, 0.3) is 0 Å². The van der Waals surface area contributed by atoms with Crippen LogP contribution in [-0.4, -0.2) is 11.1 Å². The van der Waals surface area contributed by atoms with Crippen LogP contribution < -0.4 is 26.4 Å². The molecule has 0 atom stereocenters. The van der Waals surface area contributed by atoms with Crippen LogP contribution in [0.4, 0.5) is 87.8 Å². The van der Waals surface area contributed by atoms with E-state index in [0.717, 1.165) is 12.2 Å². The predicted octanol–water partition coefficient (Wildman–Crippen LogP) is 11.2. The van der Waals surface area contributed by atoms with Crippen molar-refractivity contribution in [2.75, 3.05) is 0 Å². The van der Waals surface area contributed by atoms with E-state index in [0.29, 0.717) is 0 Å². The Labute approximate surface area is 389 Å². The molecule has 9 aromatic rings. The molecule has 1 aromatic heterocycles. The molecule has 0 N–H and O–H groups in total. The van der Waals surface area contributed by atoms with Crippen molar-refractivity contribution in [2.24, 2.45) is 0 Å². The van der Waals surface area contributed by atoms with Crippen LogP contribution in [-0.2, 0) is 6.54 Å². The second-order valence-corrected chi connectivity index (χ2v) is 15.6. The monoisotopic (exact) mass is 1030 g/mol. The fourth-order valence-corrected chi connectivity index (χ4v) is 8.68. The van der Waals surface area contributed by atoms with Gasteiger partial charge in [-0.25, -0.2) is 87.8 Å². The summed E-state index contributed by atoms with van der Waals surface area (Å²) in [5.41, 5.74) is -10.7. The zero-order chi connectivity index (χ0) is 52.4. The number of hydrogen-bond donors (Lipinski definition) is 0. The van der Waals surface area contributed by atoms with Gasteiger partial charge in [0.05, 0.1) is 18.0 Å². The molecule has 0 aliphatic rings. The average molecular weight is 1030 g/mol. The minimum atomic E-state index is -7.22. The molecule has 0 saturated carbocycles. The lowest BCUT2D eigenvalue weighted by atomic mass is 9.12. The lowest BCUT2D eigenvalue weighted by molar-refractivity contribution is -0.677. The molecule has 368 valence electrons. The molecule has 0 amide bonds. The van der Waals surface area contributed by atoms with Gasteiger partial charge in [0.2, 0.25) is 5.69 Å². The first-order valence-corrected chi connectivity index (χ1v) is 20.1. The first kappa shape index (κ1) is 50.4. The van der Waals surface area contributed by atoms with Gasteiger partial charge >= 0.3 is 0 Å². The highest BCUT2D eigenvalue weighted by atomic mass is 19.2. The zero-order valence-electron chi connectivity index (χ0n) is 35.1. The quantitative estimate of drug-likeness (QED) is 0.0388. The van der Waals surface area contributed by atoms with E-state index in [4.69, 9.17) is 0 Å². The van der Waals surface area contributed by atoms with E-state index >= 15 is 35.1 Å². The second kappa shape index (κ2) is 19.0. The Hall–Kier alpha value is -7.98. The van der Waals surface area contributed by atoms with Gasteiger partial charge in [-0.3, -0.25) is 4.98 Å². The number of nitrogens with zero attached hydrogens (tertiary/aromatic N) is 2. The summed E-state index contributed by atoms with van der Waals surface area (Å²) < 4.78 is 296. The van der Waals surface area contributed by atoms with Gasteiger partial charge in [0.1, 0.15) is 52.7 Å². The maximum atomic E-state index is 15.4. The highest BCUT2D eigenvalue weighted by Gasteiger charge is 2.52. The first-order chi connectivity index (χ1) is 34.1. The smallest absolute Gasteiger partial charge is 0.232 e. The molecule has 72 heavy (non-hydrogen) atoms. The number of benzene rings is 8. The van der Waals surface area contributed by atoms with E-state index in [1.54, 1.807) is 0 Å². The second-order valence-electron chi connectivity index (χ2n) is 15.6. The molecule has 0 unspecified atom stereocenters. The average Bonchev–Trinajstić information content (AvgIpc) is 3.38. The summed E-state index contributed by atoms with van der Waals surface area (Å²) >= 11 is 0. The van der Waals surface area contributed by atoms with E-state index in [9.17, 15) is 52.7 Å². The minimum absolute atomic E-state index is 0.816. The van der Waals surface area contributed by atoms with Gasteiger partial charge < -0.3 is 0 Å². The molecule has 2 nitrogen and oxygen atoms in total. The zero-order valence-corrected chi connectivity index (χ0v) is 35.1. The third-order valence-corrected chi connectivity index (χ3v) is 11.8. The Kier molecular flexibility index (Phi) is 13.3. The Bertz CT molecular complexity index is 3250. The standard InChI is InChI=1S/C25H19N2.C24BF20/c1-2-8-19(9-3-1)18-27-15-14-26-17-24(27)25-22-12-6-4-10-20(22)16-21-11-5-7-13-23(21)25;26-5-1(6(27)14(35)21(42)13(5)34)25(2-7(28)15(36)22(43)16(37)8(2)29,3-9(30)17(38)23(44)18(39)10(3)31)4-11(32)19(40)24(45)20(41)12(4)33/h1-17H,18H2;/q+1;-1. The van der Waals surface area contributed by atoms with Gasteiger partial charge in [0, 0.05) is 5.56 Å². The van der Waals surface area contributed by atoms with E-state index < -0.39 is 144 Å². The Balaban J connectivity index is 0.000000217. The van der Waals surface area contributed by atoms with Crippen molar-refractivity contribution >= 4 is 49.5 Å². The molecule has 0 bridgehead atoms. The number of aromatic nitrogens is 2. The maximum absolute atomic E-state index is 15.4.